The maximum atomic E-state index is 12.1. The van der Waals surface area contributed by atoms with Crippen molar-refractivity contribution >= 4 is 11.6 Å². The Morgan fingerprint density at radius 1 is 1.38 bits per heavy atom. The van der Waals surface area contributed by atoms with Crippen LogP contribution in [0.1, 0.15) is 12.5 Å². The van der Waals surface area contributed by atoms with E-state index in [0.29, 0.717) is 6.61 Å². The van der Waals surface area contributed by atoms with Crippen LogP contribution in [-0.4, -0.2) is 18.3 Å². The molecule has 0 aliphatic carbocycles. The number of halogens is 3. The van der Waals surface area contributed by atoms with Gasteiger partial charge in [-0.1, -0.05) is 11.6 Å². The Kier molecular flexibility index (Phi) is 4.76. The lowest BCUT2D eigenvalue weighted by atomic mass is 10.2. The molecule has 1 N–H and O–H groups in total. The predicted octanol–water partition coefficient (Wildman–Crippen LogP) is 2.83. The van der Waals surface area contributed by atoms with Crippen LogP contribution >= 0.6 is 11.6 Å². The molecule has 0 spiro atoms. The van der Waals surface area contributed by atoms with Gasteiger partial charge in [-0.15, -0.1) is 0 Å². The monoisotopic (exact) mass is 252 g/mol. The van der Waals surface area contributed by atoms with Crippen molar-refractivity contribution < 1.29 is 23.4 Å². The van der Waals surface area contributed by atoms with Gasteiger partial charge in [0.15, 0.2) is 0 Å². The molecule has 0 radical (unpaired) electrons. The highest BCUT2D eigenvalue weighted by Gasteiger charge is 2.13. The zero-order chi connectivity index (χ0) is 12.1. The van der Waals surface area contributed by atoms with E-state index < -0.39 is 13.2 Å². The van der Waals surface area contributed by atoms with Crippen molar-refractivity contribution in [2.45, 2.75) is 20.1 Å². The van der Waals surface area contributed by atoms with Crippen LogP contribution in [0.3, 0.4) is 0 Å². The fourth-order valence-corrected chi connectivity index (χ4v) is 1.41. The summed E-state index contributed by atoms with van der Waals surface area (Å²) in [5.41, 5.74) is 0.189. The summed E-state index contributed by atoms with van der Waals surface area (Å²) in [5, 5.41) is 9.20. The largest absolute Gasteiger partial charge is 0.492 e. The Morgan fingerprint density at radius 3 is 2.56 bits per heavy atom. The van der Waals surface area contributed by atoms with Crippen LogP contribution in [0, 0.1) is 0 Å². The van der Waals surface area contributed by atoms with Gasteiger partial charge in [-0.3, -0.25) is 0 Å². The summed E-state index contributed by atoms with van der Waals surface area (Å²) in [5.74, 6) is 0.113. The molecule has 0 fully saturated rings. The number of alkyl halides is 2. The molecule has 16 heavy (non-hydrogen) atoms. The minimum atomic E-state index is -2.96. The van der Waals surface area contributed by atoms with Crippen molar-refractivity contribution in [1.29, 1.82) is 0 Å². The molecule has 0 saturated heterocycles. The second-order valence-corrected chi connectivity index (χ2v) is 3.27. The molecule has 1 rings (SSSR count). The van der Waals surface area contributed by atoms with Crippen LogP contribution in [0.2, 0.25) is 5.02 Å². The molecule has 0 heterocycles. The first-order valence-corrected chi connectivity index (χ1v) is 4.97. The van der Waals surface area contributed by atoms with Gasteiger partial charge in [-0.25, -0.2) is 0 Å². The van der Waals surface area contributed by atoms with Crippen molar-refractivity contribution in [2.24, 2.45) is 0 Å². The zero-order valence-electron chi connectivity index (χ0n) is 8.54. The Bertz CT molecular complexity index is 358. The maximum Gasteiger partial charge on any atom is 0.387 e. The second kappa shape index (κ2) is 5.86. The van der Waals surface area contributed by atoms with Crippen LogP contribution in [-0.2, 0) is 6.61 Å². The summed E-state index contributed by atoms with van der Waals surface area (Å²) >= 11 is 5.82. The van der Waals surface area contributed by atoms with Crippen molar-refractivity contribution in [3.63, 3.8) is 0 Å². The van der Waals surface area contributed by atoms with E-state index in [0.717, 1.165) is 0 Å². The average molecular weight is 253 g/mol. The lowest BCUT2D eigenvalue weighted by Crippen LogP contribution is -2.05. The normalized spacial score (nSPS) is 10.6. The number of ether oxygens (including phenoxy) is 2. The highest BCUT2D eigenvalue weighted by Crippen LogP contribution is 2.33. The molecular formula is C10H11ClF2O3. The molecule has 1 aromatic rings. The van der Waals surface area contributed by atoms with Gasteiger partial charge in [0.05, 0.1) is 18.2 Å². The van der Waals surface area contributed by atoms with Crippen molar-refractivity contribution in [3.8, 4) is 11.5 Å². The Labute approximate surface area is 96.5 Å². The first kappa shape index (κ1) is 13.0. The molecule has 0 bridgehead atoms. The Balaban J connectivity index is 3.07. The molecule has 6 heteroatoms. The average Bonchev–Trinajstić information content (AvgIpc) is 2.22. The summed E-state index contributed by atoms with van der Waals surface area (Å²) in [6.45, 7) is -1.30. The second-order valence-electron chi connectivity index (χ2n) is 2.86. The van der Waals surface area contributed by atoms with E-state index in [1.165, 1.54) is 12.1 Å². The molecule has 0 amide bonds. The van der Waals surface area contributed by atoms with Crippen LogP contribution in [0.5, 0.6) is 11.5 Å². The van der Waals surface area contributed by atoms with E-state index in [9.17, 15) is 8.78 Å². The van der Waals surface area contributed by atoms with E-state index >= 15 is 0 Å². The molecular weight excluding hydrogens is 242 g/mol. The molecule has 0 atom stereocenters. The van der Waals surface area contributed by atoms with Crippen LogP contribution in [0.25, 0.3) is 0 Å². The van der Waals surface area contributed by atoms with E-state index in [2.05, 4.69) is 4.74 Å². The summed E-state index contributed by atoms with van der Waals surface area (Å²) in [6, 6.07) is 2.58. The quantitative estimate of drug-likeness (QED) is 0.876. The maximum absolute atomic E-state index is 12.1. The molecule has 1 aromatic carbocycles. The van der Waals surface area contributed by atoms with E-state index in [-0.39, 0.29) is 22.1 Å². The van der Waals surface area contributed by atoms with Gasteiger partial charge in [-0.2, -0.15) is 8.78 Å². The Morgan fingerprint density at radius 2 is 2.06 bits per heavy atom. The van der Waals surface area contributed by atoms with Crippen LogP contribution in [0.4, 0.5) is 8.78 Å². The van der Waals surface area contributed by atoms with Gasteiger partial charge in [0.2, 0.25) is 0 Å². The molecule has 0 aliphatic heterocycles. The standard InChI is InChI=1S/C10H11ClF2O3/c1-2-15-9-4-8(16-10(12)13)6(5-14)3-7(9)11/h3-4,10,14H,2,5H2,1H3. The summed E-state index contributed by atoms with van der Waals surface area (Å²) < 4.78 is 33.5. The van der Waals surface area contributed by atoms with Crippen molar-refractivity contribution in [2.75, 3.05) is 6.61 Å². The number of rotatable bonds is 5. The fraction of sp³-hybridized carbons (Fsp3) is 0.400. The molecule has 0 aliphatic rings. The number of hydrogen-bond donors (Lipinski definition) is 1. The Hall–Kier alpha value is -1.07. The fourth-order valence-electron chi connectivity index (χ4n) is 1.17. The SMILES string of the molecule is CCOc1cc(OC(F)F)c(CO)cc1Cl. The highest BCUT2D eigenvalue weighted by atomic mass is 35.5. The van der Waals surface area contributed by atoms with Crippen molar-refractivity contribution in [3.05, 3.63) is 22.7 Å². The van der Waals surface area contributed by atoms with E-state index in [1.54, 1.807) is 6.92 Å². The summed E-state index contributed by atoms with van der Waals surface area (Å²) in [4.78, 5) is 0. The van der Waals surface area contributed by atoms with Gasteiger partial charge in [0, 0.05) is 11.6 Å². The summed E-state index contributed by atoms with van der Waals surface area (Å²) in [7, 11) is 0. The third-order valence-electron chi connectivity index (χ3n) is 1.80. The summed E-state index contributed by atoms with van der Waals surface area (Å²) in [6.07, 6.45) is 0. The lowest BCUT2D eigenvalue weighted by molar-refractivity contribution is -0.0510. The van der Waals surface area contributed by atoms with Crippen LogP contribution < -0.4 is 9.47 Å². The molecule has 0 saturated carbocycles. The topological polar surface area (TPSA) is 38.7 Å². The van der Waals surface area contributed by atoms with E-state index in [1.807, 2.05) is 0 Å². The molecule has 0 aromatic heterocycles. The number of aliphatic hydroxyl groups excluding tert-OH is 1. The van der Waals surface area contributed by atoms with Gasteiger partial charge in [-0.05, 0) is 13.0 Å². The molecule has 0 unspecified atom stereocenters. The zero-order valence-corrected chi connectivity index (χ0v) is 9.30. The predicted molar refractivity (Wildman–Crippen MR) is 55.2 cm³/mol. The number of benzene rings is 1. The number of aliphatic hydroxyl groups is 1. The molecule has 3 nitrogen and oxygen atoms in total. The minimum Gasteiger partial charge on any atom is -0.492 e. The van der Waals surface area contributed by atoms with Gasteiger partial charge in [0.25, 0.3) is 0 Å². The lowest BCUT2D eigenvalue weighted by Gasteiger charge is -2.12. The van der Waals surface area contributed by atoms with E-state index in [4.69, 9.17) is 21.4 Å². The van der Waals surface area contributed by atoms with Crippen LogP contribution in [0.15, 0.2) is 12.1 Å². The van der Waals surface area contributed by atoms with Gasteiger partial charge >= 0.3 is 6.61 Å². The highest BCUT2D eigenvalue weighted by molar-refractivity contribution is 6.32. The minimum absolute atomic E-state index is 0.134. The smallest absolute Gasteiger partial charge is 0.387 e. The van der Waals surface area contributed by atoms with Gasteiger partial charge < -0.3 is 14.6 Å². The van der Waals surface area contributed by atoms with Gasteiger partial charge in [0.1, 0.15) is 11.5 Å². The third kappa shape index (κ3) is 3.21. The van der Waals surface area contributed by atoms with Crippen molar-refractivity contribution in [1.82, 2.24) is 0 Å². The number of hydrogen-bond acceptors (Lipinski definition) is 3. The first-order valence-electron chi connectivity index (χ1n) is 4.59. The first-order chi connectivity index (χ1) is 7.58. The third-order valence-corrected chi connectivity index (χ3v) is 2.10. The molecule has 90 valence electrons.